The second kappa shape index (κ2) is 11.9. The Morgan fingerprint density at radius 2 is 2.03 bits per heavy atom. The number of nitrogens with zero attached hydrogens (tertiary/aromatic N) is 3. The van der Waals surface area contributed by atoms with E-state index in [1.54, 1.807) is 0 Å². The molecule has 2 aliphatic heterocycles. The third kappa shape index (κ3) is 6.47. The molecule has 1 atom stereocenters. The molecule has 174 valence electrons. The molecule has 1 aromatic rings. The Balaban J connectivity index is 0.00000341. The molecule has 31 heavy (non-hydrogen) atoms. The van der Waals surface area contributed by atoms with Gasteiger partial charge in [-0.1, -0.05) is 18.2 Å². The summed E-state index contributed by atoms with van der Waals surface area (Å²) in [5.74, 6) is 0.259. The van der Waals surface area contributed by atoms with Gasteiger partial charge in [-0.25, -0.2) is 8.42 Å². The van der Waals surface area contributed by atoms with Crippen molar-refractivity contribution in [2.24, 2.45) is 10.9 Å². The molecule has 3 rings (SSSR count). The largest absolute Gasteiger partial charge is 0.466 e. The smallest absolute Gasteiger partial charge is 0.310 e. The molecular formula is C21H33IN4O4S. The molecule has 8 nitrogen and oxygen atoms in total. The molecule has 0 radical (unpaired) electrons. The van der Waals surface area contributed by atoms with E-state index in [1.165, 1.54) is 4.31 Å². The number of hydrogen-bond acceptors (Lipinski definition) is 5. The van der Waals surface area contributed by atoms with Crippen LogP contribution in [0.5, 0.6) is 0 Å². The van der Waals surface area contributed by atoms with Gasteiger partial charge < -0.3 is 15.0 Å². The predicted octanol–water partition coefficient (Wildman–Crippen LogP) is 2.24. The lowest BCUT2D eigenvalue weighted by Gasteiger charge is -2.34. The number of fused-ring (bicyclic) bond motifs is 1. The SMILES string of the molecule is CCNC(=NCCS(=O)(=O)N1CCc2ccccc21)N1CCCC(C(=O)OCC)C1.I. The molecule has 0 aliphatic carbocycles. The normalized spacial score (nSPS) is 18.9. The fourth-order valence-corrected chi connectivity index (χ4v) is 5.41. The highest BCUT2D eigenvalue weighted by atomic mass is 127. The van der Waals surface area contributed by atoms with Crippen LogP contribution in [0.1, 0.15) is 32.3 Å². The van der Waals surface area contributed by atoms with Gasteiger partial charge in [0.05, 0.1) is 30.5 Å². The van der Waals surface area contributed by atoms with Crippen molar-refractivity contribution >= 4 is 51.6 Å². The van der Waals surface area contributed by atoms with Crippen LogP contribution in [-0.4, -0.2) is 70.3 Å². The van der Waals surface area contributed by atoms with Crippen molar-refractivity contribution in [1.29, 1.82) is 0 Å². The van der Waals surface area contributed by atoms with E-state index in [9.17, 15) is 13.2 Å². The summed E-state index contributed by atoms with van der Waals surface area (Å²) in [6.45, 7) is 6.81. The number of carbonyl (C=O) groups is 1. The van der Waals surface area contributed by atoms with Gasteiger partial charge in [0.1, 0.15) is 0 Å². The average Bonchev–Trinajstić information content (AvgIpc) is 3.18. The van der Waals surface area contributed by atoms with E-state index in [1.807, 2.05) is 43.0 Å². The Kier molecular flexibility index (Phi) is 9.86. The number of piperidine rings is 1. The number of aliphatic imine (C=N–C) groups is 1. The van der Waals surface area contributed by atoms with E-state index >= 15 is 0 Å². The zero-order valence-electron chi connectivity index (χ0n) is 18.2. The fourth-order valence-electron chi connectivity index (χ4n) is 4.02. The lowest BCUT2D eigenvalue weighted by molar-refractivity contribution is -0.149. The topological polar surface area (TPSA) is 91.3 Å². The van der Waals surface area contributed by atoms with Crippen molar-refractivity contribution in [3.05, 3.63) is 29.8 Å². The Hall–Kier alpha value is -1.56. The number of hydrogen-bond donors (Lipinski definition) is 1. The molecule has 1 saturated heterocycles. The minimum Gasteiger partial charge on any atom is -0.466 e. The maximum atomic E-state index is 12.9. The molecule has 1 aromatic carbocycles. The van der Waals surface area contributed by atoms with Crippen molar-refractivity contribution in [2.75, 3.05) is 49.4 Å². The minimum atomic E-state index is -3.44. The number of sulfonamides is 1. The van der Waals surface area contributed by atoms with Crippen LogP contribution in [0, 0.1) is 5.92 Å². The quantitative estimate of drug-likeness (QED) is 0.237. The van der Waals surface area contributed by atoms with Gasteiger partial charge in [-0.15, -0.1) is 24.0 Å². The summed E-state index contributed by atoms with van der Waals surface area (Å²) in [5, 5.41) is 3.23. The van der Waals surface area contributed by atoms with E-state index in [0.717, 1.165) is 37.1 Å². The first kappa shape index (κ1) is 25.7. The molecule has 1 fully saturated rings. The van der Waals surface area contributed by atoms with Gasteiger partial charge in [-0.2, -0.15) is 0 Å². The number of guanidine groups is 1. The van der Waals surface area contributed by atoms with Gasteiger partial charge in [-0.3, -0.25) is 14.1 Å². The number of halogens is 1. The van der Waals surface area contributed by atoms with Crippen LogP contribution in [0.3, 0.4) is 0 Å². The highest BCUT2D eigenvalue weighted by Gasteiger charge is 2.30. The monoisotopic (exact) mass is 564 g/mol. The highest BCUT2D eigenvalue weighted by Crippen LogP contribution is 2.30. The lowest BCUT2D eigenvalue weighted by atomic mass is 9.98. The Morgan fingerprint density at radius 1 is 1.26 bits per heavy atom. The summed E-state index contributed by atoms with van der Waals surface area (Å²) >= 11 is 0. The van der Waals surface area contributed by atoms with Gasteiger partial charge in [0.15, 0.2) is 5.96 Å². The van der Waals surface area contributed by atoms with Gasteiger partial charge in [0, 0.05) is 26.2 Å². The second-order valence-electron chi connectivity index (χ2n) is 7.54. The number of carbonyl (C=O) groups excluding carboxylic acids is 1. The molecule has 10 heteroatoms. The number of para-hydroxylation sites is 1. The summed E-state index contributed by atoms with van der Waals surface area (Å²) in [6, 6.07) is 7.63. The predicted molar refractivity (Wildman–Crippen MR) is 134 cm³/mol. The number of benzene rings is 1. The molecule has 0 bridgehead atoms. The molecule has 0 amide bonds. The van der Waals surface area contributed by atoms with Crippen LogP contribution in [0.2, 0.25) is 0 Å². The van der Waals surface area contributed by atoms with Gasteiger partial charge in [0.2, 0.25) is 10.0 Å². The number of rotatable bonds is 7. The minimum absolute atomic E-state index is 0. The maximum absolute atomic E-state index is 12.9. The molecule has 0 aromatic heterocycles. The molecular weight excluding hydrogens is 531 g/mol. The summed E-state index contributed by atoms with van der Waals surface area (Å²) in [7, 11) is -3.44. The zero-order valence-corrected chi connectivity index (χ0v) is 21.4. The Bertz CT molecular complexity index is 878. The molecule has 2 heterocycles. The molecule has 0 saturated carbocycles. The van der Waals surface area contributed by atoms with Crippen LogP contribution in [0.15, 0.2) is 29.3 Å². The van der Waals surface area contributed by atoms with E-state index in [-0.39, 0.29) is 48.2 Å². The molecule has 1 N–H and O–H groups in total. The average molecular weight is 564 g/mol. The van der Waals surface area contributed by atoms with E-state index in [4.69, 9.17) is 4.74 Å². The van der Waals surface area contributed by atoms with Gasteiger partial charge in [-0.05, 0) is 44.7 Å². The van der Waals surface area contributed by atoms with Crippen molar-refractivity contribution < 1.29 is 17.9 Å². The van der Waals surface area contributed by atoms with Gasteiger partial charge >= 0.3 is 5.97 Å². The number of nitrogens with one attached hydrogen (secondary N) is 1. The van der Waals surface area contributed by atoms with E-state index in [2.05, 4.69) is 10.3 Å². The van der Waals surface area contributed by atoms with Crippen LogP contribution in [0.4, 0.5) is 5.69 Å². The van der Waals surface area contributed by atoms with Crippen molar-refractivity contribution in [3.63, 3.8) is 0 Å². The first-order valence-electron chi connectivity index (χ1n) is 10.7. The lowest BCUT2D eigenvalue weighted by Crippen LogP contribution is -2.48. The molecule has 0 spiro atoms. The number of anilines is 1. The first-order chi connectivity index (χ1) is 14.5. The summed E-state index contributed by atoms with van der Waals surface area (Å²) in [4.78, 5) is 18.7. The van der Waals surface area contributed by atoms with Crippen molar-refractivity contribution in [3.8, 4) is 0 Å². The number of ether oxygens (including phenoxy) is 1. The fraction of sp³-hybridized carbons (Fsp3) is 0.619. The molecule has 2 aliphatic rings. The summed E-state index contributed by atoms with van der Waals surface area (Å²) < 4.78 is 32.4. The second-order valence-corrected chi connectivity index (χ2v) is 9.55. The maximum Gasteiger partial charge on any atom is 0.310 e. The third-order valence-corrected chi connectivity index (χ3v) is 7.22. The van der Waals surface area contributed by atoms with E-state index in [0.29, 0.717) is 32.2 Å². The van der Waals surface area contributed by atoms with Gasteiger partial charge in [0.25, 0.3) is 0 Å². The molecule has 1 unspecified atom stereocenters. The zero-order chi connectivity index (χ0) is 21.6. The highest BCUT2D eigenvalue weighted by molar-refractivity contribution is 14.0. The van der Waals surface area contributed by atoms with Crippen LogP contribution < -0.4 is 9.62 Å². The summed E-state index contributed by atoms with van der Waals surface area (Å²) in [5.41, 5.74) is 1.85. The number of esters is 1. The first-order valence-corrected chi connectivity index (χ1v) is 12.4. The van der Waals surface area contributed by atoms with Crippen LogP contribution >= 0.6 is 24.0 Å². The number of likely N-dealkylation sites (tertiary alicyclic amines) is 1. The van der Waals surface area contributed by atoms with Crippen LogP contribution in [0.25, 0.3) is 0 Å². The Labute approximate surface area is 202 Å². The van der Waals surface area contributed by atoms with Crippen molar-refractivity contribution in [2.45, 2.75) is 33.1 Å². The van der Waals surface area contributed by atoms with Crippen molar-refractivity contribution in [1.82, 2.24) is 10.2 Å². The third-order valence-electron chi connectivity index (χ3n) is 5.47. The van der Waals surface area contributed by atoms with E-state index < -0.39 is 10.0 Å². The summed E-state index contributed by atoms with van der Waals surface area (Å²) in [6.07, 6.45) is 2.42. The standard InChI is InChI=1S/C21H32N4O4S.HI/c1-3-22-21(24-13-7-9-18(16-24)20(26)29-4-2)23-12-15-30(27,28)25-14-11-17-8-5-6-10-19(17)25;/h5-6,8,10,18H,3-4,7,9,11-16H2,1-2H3,(H,22,23);1H. The Morgan fingerprint density at radius 3 is 2.77 bits per heavy atom. The van der Waals surface area contributed by atoms with Crippen LogP contribution in [-0.2, 0) is 26.0 Å².